The second kappa shape index (κ2) is 11.1. The van der Waals surface area contributed by atoms with Gasteiger partial charge in [-0.25, -0.2) is 0 Å². The second-order valence-electron chi connectivity index (χ2n) is 9.12. The number of hydrogen-bond donors (Lipinski definition) is 0. The number of amides is 2. The zero-order chi connectivity index (χ0) is 26.6. The molecule has 1 heterocycles. The average molecular weight is 532 g/mol. The van der Waals surface area contributed by atoms with Gasteiger partial charge in [0.25, 0.3) is 11.1 Å². The summed E-state index contributed by atoms with van der Waals surface area (Å²) in [4.78, 5) is 27.4. The summed E-state index contributed by atoms with van der Waals surface area (Å²) in [5, 5.41) is 4.07. The zero-order valence-electron chi connectivity index (χ0n) is 21.1. The Kier molecular flexibility index (Phi) is 7.02. The molecule has 0 aromatic heterocycles. The Morgan fingerprint density at radius 2 is 1.31 bits per heavy atom. The first-order valence-electron chi connectivity index (χ1n) is 12.7. The van der Waals surface area contributed by atoms with Gasteiger partial charge in [-0.15, -0.1) is 0 Å². The molecule has 5 nitrogen and oxygen atoms in total. The van der Waals surface area contributed by atoms with Crippen LogP contribution in [0.25, 0.3) is 27.6 Å². The fraction of sp³-hybridized carbons (Fsp3) is 0.0909. The molecule has 1 fully saturated rings. The molecule has 1 saturated heterocycles. The van der Waals surface area contributed by atoms with Gasteiger partial charge in [-0.1, -0.05) is 97.1 Å². The van der Waals surface area contributed by atoms with Crippen molar-refractivity contribution in [2.24, 2.45) is 0 Å². The predicted molar refractivity (Wildman–Crippen MR) is 157 cm³/mol. The third kappa shape index (κ3) is 5.24. The van der Waals surface area contributed by atoms with Crippen LogP contribution >= 0.6 is 11.8 Å². The molecular weight excluding hydrogens is 506 g/mol. The second-order valence-corrected chi connectivity index (χ2v) is 10.1. The standard InChI is InChI=1S/C33H25NO4S/c35-32-31(39-33(36)34(32)19-20-37-30-18-8-13-24-10-2-5-16-28(24)30)21-25-11-3-6-17-29(25)38-22-26-14-7-12-23-9-1-4-15-27(23)26/h1-18,21H,19-20,22H2/b31-21-. The molecule has 0 N–H and O–H groups in total. The van der Waals surface area contributed by atoms with Crippen LogP contribution < -0.4 is 9.47 Å². The quantitative estimate of drug-likeness (QED) is 0.192. The van der Waals surface area contributed by atoms with Crippen molar-refractivity contribution in [2.75, 3.05) is 13.2 Å². The third-order valence-corrected chi connectivity index (χ3v) is 7.57. The molecule has 192 valence electrons. The number of hydrogen-bond acceptors (Lipinski definition) is 5. The molecule has 0 saturated carbocycles. The van der Waals surface area contributed by atoms with E-state index in [0.29, 0.717) is 17.3 Å². The monoisotopic (exact) mass is 531 g/mol. The van der Waals surface area contributed by atoms with Crippen molar-refractivity contribution in [1.82, 2.24) is 4.90 Å². The van der Waals surface area contributed by atoms with Gasteiger partial charge in [0, 0.05) is 10.9 Å². The summed E-state index contributed by atoms with van der Waals surface area (Å²) in [5.74, 6) is 1.06. The van der Waals surface area contributed by atoms with Gasteiger partial charge < -0.3 is 9.47 Å². The number of benzene rings is 5. The largest absolute Gasteiger partial charge is 0.491 e. The zero-order valence-corrected chi connectivity index (χ0v) is 21.9. The maximum atomic E-state index is 13.1. The van der Waals surface area contributed by atoms with E-state index in [4.69, 9.17) is 9.47 Å². The summed E-state index contributed by atoms with van der Waals surface area (Å²) in [5.41, 5.74) is 1.82. The van der Waals surface area contributed by atoms with Gasteiger partial charge in [0.2, 0.25) is 0 Å². The highest BCUT2D eigenvalue weighted by molar-refractivity contribution is 8.18. The Morgan fingerprint density at radius 3 is 2.15 bits per heavy atom. The highest BCUT2D eigenvalue weighted by Crippen LogP contribution is 2.34. The van der Waals surface area contributed by atoms with Crippen molar-refractivity contribution < 1.29 is 19.1 Å². The van der Waals surface area contributed by atoms with Crippen LogP contribution in [0.5, 0.6) is 11.5 Å². The SMILES string of the molecule is O=C1S/C(=C\c2ccccc2OCc2cccc3ccccc23)C(=O)N1CCOc1cccc2ccccc12. The van der Waals surface area contributed by atoms with Crippen LogP contribution in [0.3, 0.4) is 0 Å². The van der Waals surface area contributed by atoms with Gasteiger partial charge >= 0.3 is 0 Å². The van der Waals surface area contributed by atoms with Crippen molar-refractivity contribution in [3.05, 3.63) is 125 Å². The van der Waals surface area contributed by atoms with Crippen LogP contribution in [0.2, 0.25) is 0 Å². The highest BCUT2D eigenvalue weighted by Gasteiger charge is 2.35. The number of thioether (sulfide) groups is 1. The molecule has 5 aromatic carbocycles. The van der Waals surface area contributed by atoms with E-state index in [1.165, 1.54) is 4.90 Å². The van der Waals surface area contributed by atoms with E-state index in [0.717, 1.165) is 50.2 Å². The number of fused-ring (bicyclic) bond motifs is 2. The fourth-order valence-electron chi connectivity index (χ4n) is 4.71. The van der Waals surface area contributed by atoms with Gasteiger partial charge in [0.05, 0.1) is 11.4 Å². The van der Waals surface area contributed by atoms with Crippen LogP contribution in [0.4, 0.5) is 4.79 Å². The van der Waals surface area contributed by atoms with Crippen molar-refractivity contribution in [2.45, 2.75) is 6.61 Å². The summed E-state index contributed by atoms with van der Waals surface area (Å²) >= 11 is 0.938. The number of imide groups is 1. The summed E-state index contributed by atoms with van der Waals surface area (Å²) in [6, 6.07) is 35.7. The number of carbonyl (C=O) groups is 2. The van der Waals surface area contributed by atoms with Gasteiger partial charge in [0.1, 0.15) is 24.7 Å². The molecule has 0 radical (unpaired) electrons. The molecule has 0 aliphatic carbocycles. The lowest BCUT2D eigenvalue weighted by Gasteiger charge is -2.14. The minimum absolute atomic E-state index is 0.171. The molecule has 0 bridgehead atoms. The smallest absolute Gasteiger partial charge is 0.293 e. The van der Waals surface area contributed by atoms with Crippen LogP contribution in [-0.2, 0) is 11.4 Å². The summed E-state index contributed by atoms with van der Waals surface area (Å²) in [6.45, 7) is 0.772. The van der Waals surface area contributed by atoms with Crippen LogP contribution in [0.1, 0.15) is 11.1 Å². The minimum Gasteiger partial charge on any atom is -0.491 e. The van der Waals surface area contributed by atoms with E-state index in [-0.39, 0.29) is 24.3 Å². The first-order chi connectivity index (χ1) is 19.2. The predicted octanol–water partition coefficient (Wildman–Crippen LogP) is 7.69. The van der Waals surface area contributed by atoms with E-state index >= 15 is 0 Å². The summed E-state index contributed by atoms with van der Waals surface area (Å²) in [6.07, 6.45) is 1.73. The lowest BCUT2D eigenvalue weighted by atomic mass is 10.1. The molecule has 0 spiro atoms. The Hall–Kier alpha value is -4.55. The van der Waals surface area contributed by atoms with E-state index < -0.39 is 0 Å². The fourth-order valence-corrected chi connectivity index (χ4v) is 5.56. The number of rotatable bonds is 8. The van der Waals surface area contributed by atoms with Crippen molar-refractivity contribution in [1.29, 1.82) is 0 Å². The van der Waals surface area contributed by atoms with Crippen LogP contribution in [0.15, 0.2) is 114 Å². The first kappa shape index (κ1) is 24.8. The topological polar surface area (TPSA) is 55.8 Å². The Labute approximate surface area is 230 Å². The van der Waals surface area contributed by atoms with Crippen molar-refractivity contribution in [3.63, 3.8) is 0 Å². The normalized spacial score (nSPS) is 14.5. The summed E-state index contributed by atoms with van der Waals surface area (Å²) in [7, 11) is 0. The molecule has 6 heteroatoms. The lowest BCUT2D eigenvalue weighted by molar-refractivity contribution is -0.123. The lowest BCUT2D eigenvalue weighted by Crippen LogP contribution is -2.32. The van der Waals surface area contributed by atoms with Crippen molar-refractivity contribution in [3.8, 4) is 11.5 Å². The number of para-hydroxylation sites is 1. The molecule has 1 aliphatic rings. The van der Waals surface area contributed by atoms with Gasteiger partial charge in [0.15, 0.2) is 0 Å². The number of carbonyl (C=O) groups excluding carboxylic acids is 2. The average Bonchev–Trinajstić information content (AvgIpc) is 3.24. The minimum atomic E-state index is -0.324. The molecular formula is C33H25NO4S. The number of nitrogens with zero attached hydrogens (tertiary/aromatic N) is 1. The molecule has 5 aromatic rings. The van der Waals surface area contributed by atoms with E-state index in [1.54, 1.807) is 6.08 Å². The number of ether oxygens (including phenoxy) is 2. The molecule has 39 heavy (non-hydrogen) atoms. The Morgan fingerprint density at radius 1 is 0.667 bits per heavy atom. The van der Waals surface area contributed by atoms with Crippen LogP contribution in [0, 0.1) is 0 Å². The van der Waals surface area contributed by atoms with Crippen molar-refractivity contribution >= 4 is 50.5 Å². The van der Waals surface area contributed by atoms with Gasteiger partial charge in [-0.3, -0.25) is 14.5 Å². The molecule has 0 atom stereocenters. The van der Waals surface area contributed by atoms with E-state index in [9.17, 15) is 9.59 Å². The molecule has 6 rings (SSSR count). The third-order valence-electron chi connectivity index (χ3n) is 6.66. The highest BCUT2D eigenvalue weighted by atomic mass is 32.2. The summed E-state index contributed by atoms with van der Waals surface area (Å²) < 4.78 is 12.2. The first-order valence-corrected chi connectivity index (χ1v) is 13.5. The maximum absolute atomic E-state index is 13.1. The van der Waals surface area contributed by atoms with Gasteiger partial charge in [-0.05, 0) is 51.7 Å². The maximum Gasteiger partial charge on any atom is 0.293 e. The Balaban J connectivity index is 1.14. The van der Waals surface area contributed by atoms with Gasteiger partial charge in [-0.2, -0.15) is 0 Å². The van der Waals surface area contributed by atoms with E-state index in [1.807, 2.05) is 84.9 Å². The molecule has 2 amide bonds. The van der Waals surface area contributed by atoms with E-state index in [2.05, 4.69) is 24.3 Å². The molecule has 1 aliphatic heterocycles. The van der Waals surface area contributed by atoms with Crippen LogP contribution in [-0.4, -0.2) is 29.2 Å². The molecule has 0 unspecified atom stereocenters. The Bertz CT molecular complexity index is 1720.